The molecule has 1 amide bonds. The van der Waals surface area contributed by atoms with E-state index < -0.39 is 11.9 Å². The summed E-state index contributed by atoms with van der Waals surface area (Å²) in [6, 6.07) is 7.84. The van der Waals surface area contributed by atoms with Crippen LogP contribution in [0.2, 0.25) is 0 Å². The minimum absolute atomic E-state index is 0.0269. The minimum Gasteiger partial charge on any atom is -0.481 e. The van der Waals surface area contributed by atoms with E-state index in [-0.39, 0.29) is 11.9 Å². The van der Waals surface area contributed by atoms with Gasteiger partial charge in [0.25, 0.3) is 0 Å². The van der Waals surface area contributed by atoms with Gasteiger partial charge in [-0.05, 0) is 38.8 Å². The number of hydrogen-bond acceptors (Lipinski definition) is 3. The maximum Gasteiger partial charge on any atom is 0.308 e. The van der Waals surface area contributed by atoms with Crippen molar-refractivity contribution in [1.29, 1.82) is 0 Å². The van der Waals surface area contributed by atoms with Crippen LogP contribution in [0, 0.1) is 12.8 Å². The molecule has 0 bridgehead atoms. The van der Waals surface area contributed by atoms with E-state index in [1.165, 1.54) is 17.3 Å². The second kappa shape index (κ2) is 6.98. The predicted octanol–water partition coefficient (Wildman–Crippen LogP) is 2.80. The van der Waals surface area contributed by atoms with Crippen molar-refractivity contribution in [2.75, 3.05) is 12.3 Å². The smallest absolute Gasteiger partial charge is 0.308 e. The summed E-state index contributed by atoms with van der Waals surface area (Å²) in [4.78, 5) is 26.3. The summed E-state index contributed by atoms with van der Waals surface area (Å²) >= 11 is 1.50. The molecule has 114 valence electrons. The highest BCUT2D eigenvalue weighted by atomic mass is 32.2. The summed E-state index contributed by atoms with van der Waals surface area (Å²) in [6.45, 7) is 4.53. The Balaban J connectivity index is 1.93. The highest BCUT2D eigenvalue weighted by Crippen LogP contribution is 2.26. The largest absolute Gasteiger partial charge is 0.481 e. The van der Waals surface area contributed by atoms with Gasteiger partial charge in [0.05, 0.1) is 11.7 Å². The van der Waals surface area contributed by atoms with Crippen LogP contribution in [0.1, 0.15) is 25.3 Å². The Bertz CT molecular complexity index is 515. The summed E-state index contributed by atoms with van der Waals surface area (Å²) in [5.74, 6) is -0.850. The first-order chi connectivity index (χ1) is 9.99. The van der Waals surface area contributed by atoms with E-state index in [1.807, 2.05) is 38.1 Å². The molecule has 5 heteroatoms. The first kappa shape index (κ1) is 15.9. The van der Waals surface area contributed by atoms with Crippen LogP contribution >= 0.6 is 11.8 Å². The molecule has 1 heterocycles. The molecule has 1 saturated heterocycles. The highest BCUT2D eigenvalue weighted by molar-refractivity contribution is 8.00. The molecular formula is C16H21NO3S. The van der Waals surface area contributed by atoms with Gasteiger partial charge in [-0.15, -0.1) is 11.8 Å². The average molecular weight is 307 g/mol. The highest BCUT2D eigenvalue weighted by Gasteiger charge is 2.35. The Kier molecular flexibility index (Phi) is 5.28. The van der Waals surface area contributed by atoms with E-state index in [0.29, 0.717) is 18.7 Å². The normalized spacial score (nSPS) is 22.1. The molecule has 21 heavy (non-hydrogen) atoms. The molecule has 0 saturated carbocycles. The Morgan fingerprint density at radius 2 is 2.00 bits per heavy atom. The third-order valence-corrected chi connectivity index (χ3v) is 5.01. The molecule has 1 N–H and O–H groups in total. The SMILES string of the molecule is Cc1ccc(SCC(=O)N2CCC[C@@H](C(=O)O)[C@H]2C)cc1. The number of hydrogen-bond donors (Lipinski definition) is 1. The molecule has 0 aliphatic carbocycles. The number of aliphatic carboxylic acids is 1. The van der Waals surface area contributed by atoms with Gasteiger partial charge in [-0.1, -0.05) is 17.7 Å². The molecule has 1 aromatic rings. The van der Waals surface area contributed by atoms with Crippen molar-refractivity contribution < 1.29 is 14.7 Å². The number of carboxylic acids is 1. The van der Waals surface area contributed by atoms with Crippen LogP contribution in [0.25, 0.3) is 0 Å². The quantitative estimate of drug-likeness (QED) is 0.869. The second-order valence-electron chi connectivity index (χ2n) is 5.52. The van der Waals surface area contributed by atoms with Crippen molar-refractivity contribution in [3.8, 4) is 0 Å². The molecule has 2 rings (SSSR count). The van der Waals surface area contributed by atoms with Crippen LogP contribution in [-0.4, -0.2) is 40.2 Å². The van der Waals surface area contributed by atoms with E-state index in [1.54, 1.807) is 4.90 Å². The lowest BCUT2D eigenvalue weighted by molar-refractivity contribution is -0.148. The number of thioether (sulfide) groups is 1. The Morgan fingerprint density at radius 3 is 2.62 bits per heavy atom. The molecule has 1 aliphatic heterocycles. The van der Waals surface area contributed by atoms with Crippen LogP contribution in [0.3, 0.4) is 0 Å². The molecule has 1 aliphatic rings. The topological polar surface area (TPSA) is 57.6 Å². The molecule has 1 fully saturated rings. The van der Waals surface area contributed by atoms with E-state index >= 15 is 0 Å². The van der Waals surface area contributed by atoms with Gasteiger partial charge in [-0.25, -0.2) is 0 Å². The van der Waals surface area contributed by atoms with E-state index in [4.69, 9.17) is 0 Å². The number of benzene rings is 1. The van der Waals surface area contributed by atoms with Crippen LogP contribution in [-0.2, 0) is 9.59 Å². The van der Waals surface area contributed by atoms with Gasteiger partial charge in [0.2, 0.25) is 5.91 Å². The molecular weight excluding hydrogens is 286 g/mol. The van der Waals surface area contributed by atoms with Gasteiger partial charge >= 0.3 is 5.97 Å². The van der Waals surface area contributed by atoms with Gasteiger partial charge < -0.3 is 10.0 Å². The summed E-state index contributed by atoms with van der Waals surface area (Å²) in [6.07, 6.45) is 1.42. The van der Waals surface area contributed by atoms with Gasteiger partial charge in [-0.3, -0.25) is 9.59 Å². The maximum absolute atomic E-state index is 12.3. The third-order valence-electron chi connectivity index (χ3n) is 4.01. The minimum atomic E-state index is -0.800. The van der Waals surface area contributed by atoms with Gasteiger partial charge in [0.15, 0.2) is 0 Å². The first-order valence-corrected chi connectivity index (χ1v) is 8.19. The van der Waals surface area contributed by atoms with Crippen molar-refractivity contribution in [3.05, 3.63) is 29.8 Å². The summed E-state index contributed by atoms with van der Waals surface area (Å²) in [5, 5.41) is 9.20. The van der Waals surface area contributed by atoms with E-state index in [9.17, 15) is 14.7 Å². The first-order valence-electron chi connectivity index (χ1n) is 7.21. The fourth-order valence-corrected chi connectivity index (χ4v) is 3.47. The van der Waals surface area contributed by atoms with Crippen LogP contribution < -0.4 is 0 Å². The van der Waals surface area contributed by atoms with Crippen molar-refractivity contribution in [3.63, 3.8) is 0 Å². The van der Waals surface area contributed by atoms with Crippen molar-refractivity contribution in [1.82, 2.24) is 4.90 Å². The second-order valence-corrected chi connectivity index (χ2v) is 6.57. The lowest BCUT2D eigenvalue weighted by Gasteiger charge is -2.37. The number of carbonyl (C=O) groups is 2. The van der Waals surface area contributed by atoms with E-state index in [2.05, 4.69) is 0 Å². The molecule has 0 aromatic heterocycles. The Hall–Kier alpha value is -1.49. The van der Waals surface area contributed by atoms with Crippen molar-refractivity contribution in [2.45, 2.75) is 37.6 Å². The lowest BCUT2D eigenvalue weighted by atomic mass is 9.90. The summed E-state index contributed by atoms with van der Waals surface area (Å²) in [7, 11) is 0. The molecule has 4 nitrogen and oxygen atoms in total. The number of carbonyl (C=O) groups excluding carboxylic acids is 1. The number of nitrogens with zero attached hydrogens (tertiary/aromatic N) is 1. The Morgan fingerprint density at radius 1 is 1.33 bits per heavy atom. The third kappa shape index (κ3) is 4.00. The maximum atomic E-state index is 12.3. The number of amides is 1. The average Bonchev–Trinajstić information content (AvgIpc) is 2.46. The van der Waals surface area contributed by atoms with Gasteiger partial charge in [0.1, 0.15) is 0 Å². The fraction of sp³-hybridized carbons (Fsp3) is 0.500. The zero-order valence-corrected chi connectivity index (χ0v) is 13.2. The lowest BCUT2D eigenvalue weighted by Crippen LogP contribution is -2.49. The standard InChI is InChI=1S/C16H21NO3S/c1-11-5-7-13(8-6-11)21-10-15(18)17-9-3-4-14(12(17)2)16(19)20/h5-8,12,14H,3-4,9-10H2,1-2H3,(H,19,20)/t12-,14-/m1/s1. The number of likely N-dealkylation sites (tertiary alicyclic amines) is 1. The molecule has 0 spiro atoms. The van der Waals surface area contributed by atoms with Crippen molar-refractivity contribution >= 4 is 23.6 Å². The number of aryl methyl sites for hydroxylation is 1. The molecule has 0 radical (unpaired) electrons. The number of carboxylic acid groups (broad SMARTS) is 1. The van der Waals surface area contributed by atoms with Gasteiger partial charge in [-0.2, -0.15) is 0 Å². The van der Waals surface area contributed by atoms with Crippen molar-refractivity contribution in [2.24, 2.45) is 5.92 Å². The fourth-order valence-electron chi connectivity index (χ4n) is 2.69. The molecule has 0 unspecified atom stereocenters. The van der Waals surface area contributed by atoms with E-state index in [0.717, 1.165) is 11.3 Å². The molecule has 2 atom stereocenters. The predicted molar refractivity (Wildman–Crippen MR) is 83.4 cm³/mol. The molecule has 1 aromatic carbocycles. The van der Waals surface area contributed by atoms with Crippen LogP contribution in [0.15, 0.2) is 29.2 Å². The summed E-state index contributed by atoms with van der Waals surface area (Å²) in [5.41, 5.74) is 1.19. The zero-order chi connectivity index (χ0) is 15.4. The number of piperidine rings is 1. The van der Waals surface area contributed by atoms with Crippen LogP contribution in [0.4, 0.5) is 0 Å². The summed E-state index contributed by atoms with van der Waals surface area (Å²) < 4.78 is 0. The zero-order valence-electron chi connectivity index (χ0n) is 12.4. The monoisotopic (exact) mass is 307 g/mol. The van der Waals surface area contributed by atoms with Crippen LogP contribution in [0.5, 0.6) is 0 Å². The number of rotatable bonds is 4. The Labute approximate surface area is 129 Å². The van der Waals surface area contributed by atoms with Gasteiger partial charge in [0, 0.05) is 17.5 Å².